The van der Waals surface area contributed by atoms with E-state index in [1.807, 2.05) is 26.8 Å². The number of hydrogen-bond acceptors (Lipinski definition) is 6. The Hall–Kier alpha value is -3.95. The van der Waals surface area contributed by atoms with Crippen molar-refractivity contribution < 1.29 is 32.3 Å². The highest BCUT2D eigenvalue weighted by atomic mass is 19.4. The highest BCUT2D eigenvalue weighted by Gasteiger charge is 2.38. The monoisotopic (exact) mass is 456 g/mol. The predicted octanol–water partition coefficient (Wildman–Crippen LogP) is 3.71. The number of halogens is 4. The first kappa shape index (κ1) is 26.1. The van der Waals surface area contributed by atoms with Crippen LogP contribution in [-0.4, -0.2) is 39.8 Å². The van der Waals surface area contributed by atoms with Gasteiger partial charge >= 0.3 is 18.2 Å². The number of rotatable bonds is 4. The number of carboxylic acid groups (broad SMARTS) is 1. The number of alkyl halides is 3. The Morgan fingerprint density at radius 2 is 1.84 bits per heavy atom. The fourth-order valence-corrected chi connectivity index (χ4v) is 2.05. The van der Waals surface area contributed by atoms with Crippen molar-refractivity contribution in [2.45, 2.75) is 26.9 Å². The number of carboxylic acids is 1. The van der Waals surface area contributed by atoms with Crippen molar-refractivity contribution in [1.29, 1.82) is 5.26 Å². The Balaban J connectivity index is 0.000000633. The quantitative estimate of drug-likeness (QED) is 0.472. The largest absolute Gasteiger partial charge is 0.490 e. The Labute approximate surface area is 180 Å². The summed E-state index contributed by atoms with van der Waals surface area (Å²) < 4.78 is 45.0. The van der Waals surface area contributed by atoms with Crippen molar-refractivity contribution in [1.82, 2.24) is 15.4 Å². The zero-order valence-electron chi connectivity index (χ0n) is 17.2. The Kier molecular flexibility index (Phi) is 8.88. The Bertz CT molecular complexity index is 986. The van der Waals surface area contributed by atoms with Crippen LogP contribution < -0.4 is 15.8 Å². The van der Waals surface area contributed by atoms with Gasteiger partial charge in [-0.25, -0.2) is 24.4 Å². The van der Waals surface area contributed by atoms with E-state index in [0.717, 1.165) is 0 Å². The van der Waals surface area contributed by atoms with Crippen LogP contribution in [0.1, 0.15) is 26.6 Å². The first-order valence-corrected chi connectivity index (χ1v) is 8.85. The molecule has 1 aromatic heterocycles. The van der Waals surface area contributed by atoms with Gasteiger partial charge in [0, 0.05) is 24.5 Å². The first-order chi connectivity index (χ1) is 14.7. The molecule has 2 rings (SSSR count). The number of carbonyl (C=O) groups excluding carboxylic acids is 1. The summed E-state index contributed by atoms with van der Waals surface area (Å²) in [7, 11) is 0. The fraction of sp³-hybridized carbons (Fsp3) is 0.316. The second-order valence-corrected chi connectivity index (χ2v) is 7.38. The molecule has 1 heterocycles. The van der Waals surface area contributed by atoms with E-state index in [1.165, 1.54) is 29.4 Å². The molecule has 3 N–H and O–H groups in total. The molecule has 0 aliphatic carbocycles. The van der Waals surface area contributed by atoms with Gasteiger partial charge in [0.05, 0.1) is 0 Å². The van der Waals surface area contributed by atoms with Gasteiger partial charge in [-0.3, -0.25) is 5.01 Å². The maximum absolute atomic E-state index is 13.2. The molecular formula is C19H20F4N6O3. The minimum atomic E-state index is -5.08. The van der Waals surface area contributed by atoms with Gasteiger partial charge in [-0.2, -0.15) is 23.4 Å². The lowest BCUT2D eigenvalue weighted by Gasteiger charge is -2.30. The van der Waals surface area contributed by atoms with E-state index in [1.54, 1.807) is 12.1 Å². The number of nitrogens with zero attached hydrogens (tertiary/aromatic N) is 4. The van der Waals surface area contributed by atoms with Gasteiger partial charge in [-0.1, -0.05) is 26.8 Å². The molecule has 0 radical (unpaired) electrons. The lowest BCUT2D eigenvalue weighted by Crippen LogP contribution is -2.48. The van der Waals surface area contributed by atoms with Crippen LogP contribution in [0.4, 0.5) is 33.9 Å². The maximum Gasteiger partial charge on any atom is 0.490 e. The number of aliphatic carboxylic acids is 1. The van der Waals surface area contributed by atoms with Gasteiger partial charge in [0.25, 0.3) is 0 Å². The molecule has 1 aromatic carbocycles. The van der Waals surface area contributed by atoms with Crippen LogP contribution in [0.15, 0.2) is 36.5 Å². The van der Waals surface area contributed by atoms with Crippen molar-refractivity contribution in [2.75, 3.05) is 16.9 Å². The average Bonchev–Trinajstić information content (AvgIpc) is 2.66. The lowest BCUT2D eigenvalue weighted by molar-refractivity contribution is -0.192. The molecule has 0 saturated carbocycles. The van der Waals surface area contributed by atoms with Crippen LogP contribution in [0, 0.1) is 22.6 Å². The molecule has 0 aliphatic rings. The second kappa shape index (κ2) is 10.9. The third kappa shape index (κ3) is 9.70. The van der Waals surface area contributed by atoms with Crippen LogP contribution in [0.3, 0.4) is 0 Å². The van der Waals surface area contributed by atoms with Crippen LogP contribution in [-0.2, 0) is 4.79 Å². The van der Waals surface area contributed by atoms with Crippen LogP contribution in [0.25, 0.3) is 0 Å². The van der Waals surface area contributed by atoms with Crippen LogP contribution in [0.5, 0.6) is 0 Å². The van der Waals surface area contributed by atoms with E-state index in [9.17, 15) is 22.4 Å². The third-order valence-corrected chi connectivity index (χ3v) is 3.21. The van der Waals surface area contributed by atoms with E-state index in [-0.39, 0.29) is 11.2 Å². The number of nitrogens with one attached hydrogen (secondary N) is 2. The highest BCUT2D eigenvalue weighted by molar-refractivity contribution is 5.90. The summed E-state index contributed by atoms with van der Waals surface area (Å²) in [6.07, 6.45) is -3.64. The first-order valence-electron chi connectivity index (χ1n) is 8.85. The van der Waals surface area contributed by atoms with Crippen molar-refractivity contribution >= 4 is 23.5 Å². The smallest absolute Gasteiger partial charge is 0.475 e. The van der Waals surface area contributed by atoms with E-state index >= 15 is 0 Å². The average molecular weight is 456 g/mol. The number of carbonyl (C=O) groups is 2. The summed E-state index contributed by atoms with van der Waals surface area (Å²) >= 11 is 0. The highest BCUT2D eigenvalue weighted by Crippen LogP contribution is 2.19. The fourth-order valence-electron chi connectivity index (χ4n) is 2.05. The van der Waals surface area contributed by atoms with Gasteiger partial charge in [0.2, 0.25) is 5.82 Å². The molecule has 172 valence electrons. The second-order valence-electron chi connectivity index (χ2n) is 7.38. The van der Waals surface area contributed by atoms with Crippen LogP contribution in [0.2, 0.25) is 0 Å². The summed E-state index contributed by atoms with van der Waals surface area (Å²) in [6, 6.07) is 8.49. The van der Waals surface area contributed by atoms with Gasteiger partial charge in [0.15, 0.2) is 5.82 Å². The summed E-state index contributed by atoms with van der Waals surface area (Å²) in [5.41, 5.74) is 2.83. The zero-order chi connectivity index (χ0) is 24.5. The Morgan fingerprint density at radius 1 is 1.22 bits per heavy atom. The van der Waals surface area contributed by atoms with Crippen LogP contribution >= 0.6 is 0 Å². The molecule has 0 aliphatic heterocycles. The third-order valence-electron chi connectivity index (χ3n) is 3.21. The van der Waals surface area contributed by atoms with Crippen molar-refractivity contribution in [3.8, 4) is 6.07 Å². The topological polar surface area (TPSA) is 131 Å². The van der Waals surface area contributed by atoms with E-state index in [4.69, 9.17) is 15.2 Å². The SMILES string of the molecule is CC(C)(C)CN(NC(=O)Nc1cccc(F)c1)c1ccnc(C#N)n1.O=C(O)C(F)(F)F. The summed E-state index contributed by atoms with van der Waals surface area (Å²) in [6.45, 7) is 6.43. The number of aromatic nitrogens is 2. The minimum Gasteiger partial charge on any atom is -0.475 e. The minimum absolute atomic E-state index is 0.00347. The normalized spacial score (nSPS) is 10.8. The number of nitriles is 1. The van der Waals surface area contributed by atoms with Gasteiger partial charge in [0.1, 0.15) is 11.9 Å². The summed E-state index contributed by atoms with van der Waals surface area (Å²) in [5, 5.41) is 20.2. The summed E-state index contributed by atoms with van der Waals surface area (Å²) in [4.78, 5) is 29.1. The molecule has 2 amide bonds. The maximum atomic E-state index is 13.2. The molecule has 0 bridgehead atoms. The number of hydrazine groups is 1. The van der Waals surface area contributed by atoms with Gasteiger partial charge < -0.3 is 10.4 Å². The molecule has 0 spiro atoms. The van der Waals surface area contributed by atoms with Gasteiger partial charge in [-0.05, 0) is 23.6 Å². The molecule has 9 nitrogen and oxygen atoms in total. The van der Waals surface area contributed by atoms with Crippen molar-refractivity contribution in [3.63, 3.8) is 0 Å². The predicted molar refractivity (Wildman–Crippen MR) is 106 cm³/mol. The zero-order valence-corrected chi connectivity index (χ0v) is 17.2. The molecule has 0 saturated heterocycles. The van der Waals surface area contributed by atoms with Gasteiger partial charge in [-0.15, -0.1) is 0 Å². The molecular weight excluding hydrogens is 436 g/mol. The summed E-state index contributed by atoms with van der Waals surface area (Å²) in [5.74, 6) is -2.81. The molecule has 0 unspecified atom stereocenters. The van der Waals surface area contributed by atoms with E-state index < -0.39 is 24.0 Å². The molecule has 13 heteroatoms. The number of hydrogen-bond donors (Lipinski definition) is 3. The number of amides is 2. The molecule has 0 fully saturated rings. The molecule has 2 aromatic rings. The molecule has 0 atom stereocenters. The van der Waals surface area contributed by atoms with Crippen molar-refractivity contribution in [3.05, 3.63) is 48.2 Å². The van der Waals surface area contributed by atoms with Crippen molar-refractivity contribution in [2.24, 2.45) is 5.41 Å². The standard InChI is InChI=1S/C17H19FN6O.C2HF3O2/c1-17(2,3)11-24(15-7-8-20-14(10-19)22-15)23-16(25)21-13-6-4-5-12(18)9-13;3-2(4,5)1(6)7/h4-9H,11H2,1-3H3,(H2,21,23,25);(H,6,7). The van der Waals surface area contributed by atoms with E-state index in [2.05, 4.69) is 20.7 Å². The Morgan fingerprint density at radius 3 is 2.34 bits per heavy atom. The lowest BCUT2D eigenvalue weighted by atomic mass is 9.97. The van der Waals surface area contributed by atoms with E-state index in [0.29, 0.717) is 18.1 Å². The number of benzene rings is 1. The molecule has 32 heavy (non-hydrogen) atoms. The number of urea groups is 1. The number of anilines is 2.